The van der Waals surface area contributed by atoms with E-state index < -0.39 is 0 Å². The van der Waals surface area contributed by atoms with E-state index in [4.69, 9.17) is 11.6 Å². The molecular weight excluding hydrogens is 362 g/mol. The number of hydrogen-bond donors (Lipinski definition) is 1. The second-order valence-corrected chi connectivity index (χ2v) is 7.52. The van der Waals surface area contributed by atoms with Crippen LogP contribution in [0.5, 0.6) is 0 Å². The van der Waals surface area contributed by atoms with Gasteiger partial charge in [0.25, 0.3) is 0 Å². The van der Waals surface area contributed by atoms with Crippen LogP contribution in [0.25, 0.3) is 0 Å². The van der Waals surface area contributed by atoms with Gasteiger partial charge >= 0.3 is 0 Å². The van der Waals surface area contributed by atoms with Crippen molar-refractivity contribution >= 4 is 40.4 Å². The van der Waals surface area contributed by atoms with Crippen molar-refractivity contribution in [3.8, 4) is 0 Å². The number of carbonyl (C=O) groups is 2. The van der Waals surface area contributed by atoms with Gasteiger partial charge in [0.15, 0.2) is 5.78 Å². The number of ketones is 1. The highest BCUT2D eigenvalue weighted by molar-refractivity contribution is 6.31. The average Bonchev–Trinajstić information content (AvgIpc) is 2.65. The van der Waals surface area contributed by atoms with Crippen LogP contribution in [-0.2, 0) is 4.79 Å². The molecule has 2 heterocycles. The van der Waals surface area contributed by atoms with Crippen LogP contribution in [-0.4, -0.2) is 41.9 Å². The minimum absolute atomic E-state index is 0.0427. The molecule has 2 aromatic rings. The first-order valence-corrected chi connectivity index (χ1v) is 9.37. The molecule has 138 valence electrons. The Kier molecular flexibility index (Phi) is 4.81. The van der Waals surface area contributed by atoms with Crippen LogP contribution in [0.3, 0.4) is 0 Å². The molecule has 1 atom stereocenters. The number of hydrogen-bond acceptors (Lipinski definition) is 4. The molecule has 0 aromatic heterocycles. The maximum absolute atomic E-state index is 12.9. The molecule has 0 aliphatic carbocycles. The lowest BCUT2D eigenvalue weighted by Gasteiger charge is -2.34. The number of likely N-dealkylation sites (tertiary alicyclic amines) is 1. The molecule has 5 nitrogen and oxygen atoms in total. The molecule has 0 spiro atoms. The molecule has 1 unspecified atom stereocenters. The summed E-state index contributed by atoms with van der Waals surface area (Å²) in [6.45, 7) is 3.48. The molecule has 2 aromatic carbocycles. The Morgan fingerprint density at radius 1 is 1.26 bits per heavy atom. The monoisotopic (exact) mass is 381 g/mol. The maximum atomic E-state index is 12.9. The Hall–Kier alpha value is -2.50. The van der Waals surface area contributed by atoms with Crippen LogP contribution >= 0.6 is 11.6 Å². The minimum atomic E-state index is -0.295. The number of fused-ring (bicyclic) bond motifs is 2. The van der Waals surface area contributed by atoms with E-state index in [0.29, 0.717) is 35.8 Å². The summed E-state index contributed by atoms with van der Waals surface area (Å²) in [5, 5.41) is 3.44. The lowest BCUT2D eigenvalue weighted by molar-refractivity contribution is -0.117. The fraction of sp³-hybridized carbons (Fsp3) is 0.286. The third-order valence-corrected chi connectivity index (χ3v) is 5.27. The van der Waals surface area contributed by atoms with E-state index >= 15 is 0 Å². The second-order valence-electron chi connectivity index (χ2n) is 7.08. The number of aryl methyl sites for hydroxylation is 1. The Bertz CT molecular complexity index is 937. The fourth-order valence-electron chi connectivity index (χ4n) is 3.60. The highest BCUT2D eigenvalue weighted by Crippen LogP contribution is 2.33. The molecule has 1 N–H and O–H groups in total. The molecule has 0 radical (unpaired) electrons. The third-order valence-electron chi connectivity index (χ3n) is 5.03. The van der Waals surface area contributed by atoms with E-state index in [1.54, 1.807) is 18.2 Å². The average molecular weight is 382 g/mol. The smallest absolute Gasteiger partial charge is 0.238 e. The number of nitrogens with zero attached hydrogens (tertiary/aromatic N) is 2. The van der Waals surface area contributed by atoms with Crippen molar-refractivity contribution in [2.24, 2.45) is 10.9 Å². The van der Waals surface area contributed by atoms with E-state index in [1.807, 2.05) is 36.1 Å². The number of carbonyl (C=O) groups excluding carboxylic acids is 2. The van der Waals surface area contributed by atoms with Crippen molar-refractivity contribution in [2.45, 2.75) is 13.3 Å². The van der Waals surface area contributed by atoms with Crippen molar-refractivity contribution < 1.29 is 9.59 Å². The quantitative estimate of drug-likeness (QED) is 0.877. The number of piperidine rings is 1. The van der Waals surface area contributed by atoms with E-state index in [-0.39, 0.29) is 24.2 Å². The molecule has 1 fully saturated rings. The largest absolute Gasteiger partial charge is 0.325 e. The number of rotatable bonds is 3. The van der Waals surface area contributed by atoms with Crippen LogP contribution in [0.15, 0.2) is 47.5 Å². The summed E-state index contributed by atoms with van der Waals surface area (Å²) < 4.78 is 0. The molecule has 2 aliphatic heterocycles. The number of Topliss-reactive ketones (excluding diaryl/α,β-unsaturated/α-hetero) is 1. The van der Waals surface area contributed by atoms with Gasteiger partial charge in [-0.25, -0.2) is 0 Å². The van der Waals surface area contributed by atoms with Gasteiger partial charge in [-0.15, -0.1) is 0 Å². The van der Waals surface area contributed by atoms with Crippen molar-refractivity contribution in [1.82, 2.24) is 4.90 Å². The van der Waals surface area contributed by atoms with Crippen LogP contribution in [0.1, 0.15) is 22.3 Å². The number of halogens is 1. The Labute approximate surface area is 163 Å². The van der Waals surface area contributed by atoms with Gasteiger partial charge in [-0.1, -0.05) is 29.3 Å². The van der Waals surface area contributed by atoms with Crippen molar-refractivity contribution in [3.63, 3.8) is 0 Å². The molecular formula is C21H20ClN3O2. The van der Waals surface area contributed by atoms with E-state index in [2.05, 4.69) is 10.3 Å². The molecule has 0 saturated carbocycles. The minimum Gasteiger partial charge on any atom is -0.325 e. The molecule has 0 bridgehead atoms. The second kappa shape index (κ2) is 7.25. The first kappa shape index (κ1) is 17.9. The molecule has 6 heteroatoms. The molecule has 2 aliphatic rings. The number of anilines is 1. The van der Waals surface area contributed by atoms with Gasteiger partial charge in [0.05, 0.1) is 18.2 Å². The molecule has 1 saturated heterocycles. The van der Waals surface area contributed by atoms with Gasteiger partial charge < -0.3 is 5.32 Å². The zero-order valence-corrected chi connectivity index (χ0v) is 15.8. The standard InChI is InChI=1S/C21H20ClN3O2/c1-13-2-5-15(6-3-13)23-20(26)12-25-9-8-19-17(11-25)21(27)16-10-14(22)4-7-18(16)24-19/h2-7,10,17H,8-9,11-12H2,1H3,(H,23,26). The lowest BCUT2D eigenvalue weighted by Crippen LogP contribution is -2.47. The normalized spacial score (nSPS) is 19.1. The number of aliphatic imine (C=N–C) groups is 1. The Morgan fingerprint density at radius 3 is 2.81 bits per heavy atom. The van der Waals surface area contributed by atoms with Gasteiger partial charge in [0.1, 0.15) is 0 Å². The van der Waals surface area contributed by atoms with Gasteiger partial charge in [0, 0.05) is 35.1 Å². The predicted molar refractivity (Wildman–Crippen MR) is 107 cm³/mol. The highest BCUT2D eigenvalue weighted by atomic mass is 35.5. The third kappa shape index (κ3) is 3.80. The topological polar surface area (TPSA) is 61.8 Å². The first-order valence-electron chi connectivity index (χ1n) is 9.00. The predicted octanol–water partition coefficient (Wildman–Crippen LogP) is 3.88. The summed E-state index contributed by atoms with van der Waals surface area (Å²) in [5.41, 5.74) is 4.10. The summed E-state index contributed by atoms with van der Waals surface area (Å²) in [5.74, 6) is -0.330. The van der Waals surface area contributed by atoms with Crippen molar-refractivity contribution in [2.75, 3.05) is 25.0 Å². The van der Waals surface area contributed by atoms with E-state index in [1.165, 1.54) is 0 Å². The Morgan fingerprint density at radius 2 is 2.04 bits per heavy atom. The zero-order chi connectivity index (χ0) is 19.0. The highest BCUT2D eigenvalue weighted by Gasteiger charge is 2.36. The van der Waals surface area contributed by atoms with Gasteiger partial charge in [0.2, 0.25) is 5.91 Å². The summed E-state index contributed by atoms with van der Waals surface area (Å²) in [6.07, 6.45) is 0.691. The van der Waals surface area contributed by atoms with Gasteiger partial charge in [-0.3, -0.25) is 19.5 Å². The van der Waals surface area contributed by atoms with Crippen molar-refractivity contribution in [3.05, 3.63) is 58.6 Å². The fourth-order valence-corrected chi connectivity index (χ4v) is 3.77. The zero-order valence-electron chi connectivity index (χ0n) is 15.0. The summed E-state index contributed by atoms with van der Waals surface area (Å²) in [4.78, 5) is 31.9. The molecule has 1 amide bonds. The molecule has 27 heavy (non-hydrogen) atoms. The van der Waals surface area contributed by atoms with Crippen LogP contribution in [0.4, 0.5) is 11.4 Å². The number of amides is 1. The number of nitrogens with one attached hydrogen (secondary N) is 1. The van der Waals surface area contributed by atoms with Crippen LogP contribution in [0.2, 0.25) is 5.02 Å². The van der Waals surface area contributed by atoms with Gasteiger partial charge in [-0.2, -0.15) is 0 Å². The number of benzene rings is 2. The summed E-state index contributed by atoms with van der Waals surface area (Å²) >= 11 is 6.04. The Balaban J connectivity index is 1.43. The molecule has 4 rings (SSSR count). The lowest BCUT2D eigenvalue weighted by atomic mass is 9.85. The van der Waals surface area contributed by atoms with Crippen LogP contribution < -0.4 is 5.32 Å². The maximum Gasteiger partial charge on any atom is 0.238 e. The first-order chi connectivity index (χ1) is 13.0. The van der Waals surface area contributed by atoms with Gasteiger partial charge in [-0.05, 0) is 43.7 Å². The van der Waals surface area contributed by atoms with E-state index in [9.17, 15) is 9.59 Å². The van der Waals surface area contributed by atoms with E-state index in [0.717, 1.165) is 17.0 Å². The van der Waals surface area contributed by atoms with Crippen molar-refractivity contribution in [1.29, 1.82) is 0 Å². The summed E-state index contributed by atoms with van der Waals surface area (Å²) in [6, 6.07) is 12.9. The van der Waals surface area contributed by atoms with Crippen LogP contribution in [0, 0.1) is 12.8 Å². The summed E-state index contributed by atoms with van der Waals surface area (Å²) in [7, 11) is 0. The SMILES string of the molecule is Cc1ccc(NC(=O)CN2CCC3=Nc4ccc(Cl)cc4C(=O)C3C2)cc1.